The lowest BCUT2D eigenvalue weighted by molar-refractivity contribution is -0.125. The summed E-state index contributed by atoms with van der Waals surface area (Å²) in [5.41, 5.74) is 0.184. The number of nitrogens with zero attached hydrogens (tertiary/aromatic N) is 3. The summed E-state index contributed by atoms with van der Waals surface area (Å²) in [6.45, 7) is 1.51. The monoisotopic (exact) mass is 460 g/mol. The molecule has 1 aliphatic heterocycles. The molecule has 2 unspecified atom stereocenters. The molecule has 0 saturated carbocycles. The number of aromatic nitrogens is 2. The van der Waals surface area contributed by atoms with E-state index in [1.807, 2.05) is 0 Å². The van der Waals surface area contributed by atoms with Crippen LogP contribution in [0.4, 0.5) is 10.1 Å². The van der Waals surface area contributed by atoms with Gasteiger partial charge in [0.05, 0.1) is 11.6 Å². The van der Waals surface area contributed by atoms with E-state index in [1.54, 1.807) is 6.92 Å². The number of carbonyl (C=O) groups excluding carboxylic acids is 2. The standard InChI is InChI=1S/C16H18ClFN6O5S/c1-8-20-14(29-22-8)7-19-15(25)12-6-13(24(2)30(27,28)23-12)16(26)21-9-3-4-11(18)10(17)5-9/h3-5,12-13,23H,6-7H2,1-2H3,(H,19,25)(H,21,26). The Bertz CT molecular complexity index is 1080. The minimum Gasteiger partial charge on any atom is -0.346 e. The fourth-order valence-corrected chi connectivity index (χ4v) is 4.21. The molecule has 11 nitrogen and oxygen atoms in total. The maximum absolute atomic E-state index is 13.3. The van der Waals surface area contributed by atoms with E-state index in [1.165, 1.54) is 19.2 Å². The largest absolute Gasteiger partial charge is 0.346 e. The molecule has 1 aromatic carbocycles. The smallest absolute Gasteiger partial charge is 0.280 e. The van der Waals surface area contributed by atoms with Gasteiger partial charge in [-0.1, -0.05) is 16.8 Å². The van der Waals surface area contributed by atoms with E-state index in [4.69, 9.17) is 16.1 Å². The Labute approximate surface area is 176 Å². The Balaban J connectivity index is 1.70. The summed E-state index contributed by atoms with van der Waals surface area (Å²) in [7, 11) is -2.90. The zero-order valence-electron chi connectivity index (χ0n) is 15.8. The second-order valence-electron chi connectivity index (χ2n) is 6.51. The van der Waals surface area contributed by atoms with Gasteiger partial charge >= 0.3 is 0 Å². The maximum atomic E-state index is 13.3. The minimum absolute atomic E-state index is 0.0985. The molecule has 162 valence electrons. The van der Waals surface area contributed by atoms with Gasteiger partial charge in [-0.2, -0.15) is 22.4 Å². The number of anilines is 1. The van der Waals surface area contributed by atoms with Crippen LogP contribution in [0, 0.1) is 12.7 Å². The van der Waals surface area contributed by atoms with Crippen LogP contribution in [0.15, 0.2) is 22.7 Å². The number of aryl methyl sites for hydroxylation is 1. The first-order chi connectivity index (χ1) is 14.1. The number of rotatable bonds is 5. The van der Waals surface area contributed by atoms with Crippen molar-refractivity contribution in [2.75, 3.05) is 12.4 Å². The summed E-state index contributed by atoms with van der Waals surface area (Å²) < 4.78 is 46.0. The second-order valence-corrected chi connectivity index (χ2v) is 8.68. The summed E-state index contributed by atoms with van der Waals surface area (Å²) in [6.07, 6.45) is -0.148. The number of amides is 2. The zero-order valence-corrected chi connectivity index (χ0v) is 17.4. The average Bonchev–Trinajstić information content (AvgIpc) is 3.10. The highest BCUT2D eigenvalue weighted by molar-refractivity contribution is 7.87. The van der Waals surface area contributed by atoms with Crippen molar-refractivity contribution >= 4 is 39.3 Å². The predicted octanol–water partition coefficient (Wildman–Crippen LogP) is 0.333. The third kappa shape index (κ3) is 4.92. The lowest BCUT2D eigenvalue weighted by Gasteiger charge is -2.35. The molecule has 14 heteroatoms. The highest BCUT2D eigenvalue weighted by Crippen LogP contribution is 2.22. The maximum Gasteiger partial charge on any atom is 0.280 e. The third-order valence-electron chi connectivity index (χ3n) is 4.36. The van der Waals surface area contributed by atoms with Crippen molar-refractivity contribution in [3.8, 4) is 0 Å². The molecule has 0 bridgehead atoms. The predicted molar refractivity (Wildman–Crippen MR) is 103 cm³/mol. The van der Waals surface area contributed by atoms with Gasteiger partial charge in [0.2, 0.25) is 17.7 Å². The molecule has 0 radical (unpaired) electrons. The Kier molecular flexibility index (Phi) is 6.36. The molecule has 0 spiro atoms. The van der Waals surface area contributed by atoms with Crippen molar-refractivity contribution in [2.24, 2.45) is 0 Å². The van der Waals surface area contributed by atoms with Crippen molar-refractivity contribution in [1.82, 2.24) is 24.5 Å². The normalized spacial score (nSPS) is 21.2. The first kappa shape index (κ1) is 22.1. The van der Waals surface area contributed by atoms with Crippen LogP contribution in [0.1, 0.15) is 18.1 Å². The quantitative estimate of drug-likeness (QED) is 0.582. The van der Waals surface area contributed by atoms with Gasteiger partial charge in [-0.3, -0.25) is 9.59 Å². The topological polar surface area (TPSA) is 147 Å². The number of hydrogen-bond acceptors (Lipinski definition) is 7. The van der Waals surface area contributed by atoms with Gasteiger partial charge in [0.15, 0.2) is 5.82 Å². The highest BCUT2D eigenvalue weighted by Gasteiger charge is 2.42. The van der Waals surface area contributed by atoms with Crippen molar-refractivity contribution in [1.29, 1.82) is 0 Å². The zero-order chi connectivity index (χ0) is 22.1. The molecule has 1 aliphatic rings. The van der Waals surface area contributed by atoms with Crippen LogP contribution in [0.5, 0.6) is 0 Å². The van der Waals surface area contributed by atoms with Crippen LogP contribution < -0.4 is 15.4 Å². The molecule has 1 aromatic heterocycles. The number of halogens is 2. The summed E-state index contributed by atoms with van der Waals surface area (Å²) in [5.74, 6) is -1.49. The molecule has 3 N–H and O–H groups in total. The van der Waals surface area contributed by atoms with E-state index < -0.39 is 39.9 Å². The van der Waals surface area contributed by atoms with Crippen LogP contribution in [-0.4, -0.2) is 53.8 Å². The molecule has 1 fully saturated rings. The number of likely N-dealkylation sites (N-methyl/N-ethyl adjacent to an activating group) is 1. The fourth-order valence-electron chi connectivity index (χ4n) is 2.78. The van der Waals surface area contributed by atoms with Crippen LogP contribution >= 0.6 is 11.6 Å². The van der Waals surface area contributed by atoms with Crippen LogP contribution in [0.2, 0.25) is 5.02 Å². The van der Waals surface area contributed by atoms with Gasteiger partial charge in [0.25, 0.3) is 10.2 Å². The van der Waals surface area contributed by atoms with E-state index >= 15 is 0 Å². The summed E-state index contributed by atoms with van der Waals surface area (Å²) >= 11 is 5.70. The first-order valence-corrected chi connectivity index (χ1v) is 10.5. The van der Waals surface area contributed by atoms with E-state index in [9.17, 15) is 22.4 Å². The molecule has 2 heterocycles. The van der Waals surface area contributed by atoms with Gasteiger partial charge in [-0.25, -0.2) is 4.39 Å². The SMILES string of the molecule is Cc1noc(CNC(=O)C2CC(C(=O)Nc3ccc(F)c(Cl)c3)N(C)S(=O)(=O)N2)n1. The second kappa shape index (κ2) is 8.63. The minimum atomic E-state index is -4.11. The molecular weight excluding hydrogens is 443 g/mol. The molecule has 2 aromatic rings. The molecule has 3 rings (SSSR count). The lowest BCUT2D eigenvalue weighted by Crippen LogP contribution is -2.62. The van der Waals surface area contributed by atoms with Gasteiger partial charge in [-0.05, 0) is 31.5 Å². The summed E-state index contributed by atoms with van der Waals surface area (Å²) in [6, 6.07) is 1.15. The number of carbonyl (C=O) groups is 2. The first-order valence-electron chi connectivity index (χ1n) is 8.65. The van der Waals surface area contributed by atoms with Crippen molar-refractivity contribution < 1.29 is 26.9 Å². The van der Waals surface area contributed by atoms with E-state index in [0.717, 1.165) is 10.4 Å². The van der Waals surface area contributed by atoms with Gasteiger partial charge < -0.3 is 15.2 Å². The Morgan fingerprint density at radius 1 is 1.40 bits per heavy atom. The molecule has 30 heavy (non-hydrogen) atoms. The molecule has 1 saturated heterocycles. The van der Waals surface area contributed by atoms with E-state index in [-0.39, 0.29) is 29.6 Å². The average molecular weight is 461 g/mol. The number of hydrogen-bond donors (Lipinski definition) is 3. The molecular formula is C16H18ClFN6O5S. The Morgan fingerprint density at radius 3 is 2.77 bits per heavy atom. The van der Waals surface area contributed by atoms with Crippen LogP contribution in [0.25, 0.3) is 0 Å². The van der Waals surface area contributed by atoms with E-state index in [0.29, 0.717) is 5.82 Å². The molecule has 0 aliphatic carbocycles. The fraction of sp³-hybridized carbons (Fsp3) is 0.375. The Hall–Kier alpha value is -2.61. The van der Waals surface area contributed by atoms with E-state index in [2.05, 4.69) is 25.5 Å². The van der Waals surface area contributed by atoms with Crippen LogP contribution in [-0.2, 0) is 26.3 Å². The molecule has 2 atom stereocenters. The lowest BCUT2D eigenvalue weighted by atomic mass is 10.1. The van der Waals surface area contributed by atoms with Crippen molar-refractivity contribution in [3.63, 3.8) is 0 Å². The number of benzene rings is 1. The van der Waals surface area contributed by atoms with Crippen molar-refractivity contribution in [3.05, 3.63) is 40.8 Å². The summed E-state index contributed by atoms with van der Waals surface area (Å²) in [4.78, 5) is 29.0. The van der Waals surface area contributed by atoms with Crippen LogP contribution in [0.3, 0.4) is 0 Å². The molecule has 2 amide bonds. The number of nitrogens with one attached hydrogen (secondary N) is 3. The third-order valence-corrected chi connectivity index (χ3v) is 6.24. The summed E-state index contributed by atoms with van der Waals surface area (Å²) in [5, 5.41) is 8.35. The van der Waals surface area contributed by atoms with Crippen molar-refractivity contribution in [2.45, 2.75) is 32.0 Å². The van der Waals surface area contributed by atoms with Gasteiger partial charge in [0, 0.05) is 12.7 Å². The highest BCUT2D eigenvalue weighted by atomic mass is 35.5. The Morgan fingerprint density at radius 2 is 2.13 bits per heavy atom. The van der Waals surface area contributed by atoms with Gasteiger partial charge in [-0.15, -0.1) is 0 Å². The van der Waals surface area contributed by atoms with Gasteiger partial charge in [0.1, 0.15) is 17.9 Å².